The number of nitrogens with zero attached hydrogens (tertiary/aromatic N) is 4. The second-order valence-corrected chi connectivity index (χ2v) is 12.3. The van der Waals surface area contributed by atoms with Crippen LogP contribution in [0.5, 0.6) is 0 Å². The number of pyridine rings is 1. The van der Waals surface area contributed by atoms with Crippen molar-refractivity contribution in [2.24, 2.45) is 10.9 Å². The van der Waals surface area contributed by atoms with Gasteiger partial charge in [-0.2, -0.15) is 0 Å². The third-order valence-electron chi connectivity index (χ3n) is 7.82. The van der Waals surface area contributed by atoms with Crippen molar-refractivity contribution in [3.63, 3.8) is 0 Å². The Morgan fingerprint density at radius 2 is 1.97 bits per heavy atom. The Labute approximate surface area is 241 Å². The third kappa shape index (κ3) is 4.62. The Morgan fingerprint density at radius 1 is 1.23 bits per heavy atom. The molecule has 2 aromatic rings. The number of rotatable bonds is 6. The van der Waals surface area contributed by atoms with Crippen LogP contribution in [-0.4, -0.2) is 49.0 Å². The van der Waals surface area contributed by atoms with Crippen LogP contribution in [0.15, 0.2) is 52.1 Å². The van der Waals surface area contributed by atoms with Gasteiger partial charge in [-0.3, -0.25) is 4.79 Å². The maximum absolute atomic E-state index is 14.8. The highest BCUT2D eigenvalue weighted by Gasteiger charge is 2.54. The van der Waals surface area contributed by atoms with E-state index in [1.54, 1.807) is 18.3 Å². The topological polar surface area (TPSA) is 86.1 Å². The quantitative estimate of drug-likeness (QED) is 0.380. The van der Waals surface area contributed by atoms with Crippen molar-refractivity contribution in [2.45, 2.75) is 70.6 Å². The number of fused-ring (bicyclic) bond motifs is 1. The van der Waals surface area contributed by atoms with Gasteiger partial charge in [0.2, 0.25) is 0 Å². The van der Waals surface area contributed by atoms with Crippen LogP contribution in [0.25, 0.3) is 0 Å². The van der Waals surface area contributed by atoms with E-state index in [0.29, 0.717) is 40.1 Å². The first-order valence-corrected chi connectivity index (χ1v) is 14.5. The van der Waals surface area contributed by atoms with E-state index in [4.69, 9.17) is 28.2 Å². The summed E-state index contributed by atoms with van der Waals surface area (Å²) in [5, 5.41) is 10.8. The first-order chi connectivity index (χ1) is 18.5. The van der Waals surface area contributed by atoms with Gasteiger partial charge in [-0.15, -0.1) is 0 Å². The van der Waals surface area contributed by atoms with Crippen LogP contribution in [0.4, 0.5) is 4.39 Å². The normalized spacial score (nSPS) is 26.5. The second kappa shape index (κ2) is 10.4. The van der Waals surface area contributed by atoms with Crippen LogP contribution < -0.4 is 0 Å². The van der Waals surface area contributed by atoms with Gasteiger partial charge in [-0.25, -0.2) is 19.2 Å². The lowest BCUT2D eigenvalue weighted by atomic mass is 9.81. The largest absolute Gasteiger partial charge is 0.480 e. The molecule has 1 aromatic heterocycles. The molecule has 3 aliphatic rings. The molecule has 0 aliphatic carbocycles. The fourth-order valence-electron chi connectivity index (χ4n) is 5.94. The molecule has 0 saturated carbocycles. The molecule has 3 aliphatic heterocycles. The number of halogens is 3. The zero-order valence-corrected chi connectivity index (χ0v) is 24.3. The summed E-state index contributed by atoms with van der Waals surface area (Å²) in [6.07, 6.45) is 3.40. The Kier molecular flexibility index (Phi) is 7.45. The fourth-order valence-corrected chi connectivity index (χ4v) is 7.52. The van der Waals surface area contributed by atoms with Crippen molar-refractivity contribution in [3.8, 4) is 0 Å². The first-order valence-electron chi connectivity index (χ1n) is 12.9. The van der Waals surface area contributed by atoms with Gasteiger partial charge in [0.1, 0.15) is 27.5 Å². The number of benzene rings is 1. The molecule has 0 spiro atoms. The molecule has 1 fully saturated rings. The molecule has 4 heterocycles. The summed E-state index contributed by atoms with van der Waals surface area (Å²) in [7, 11) is 0. The van der Waals surface area contributed by atoms with Gasteiger partial charge >= 0.3 is 5.97 Å². The lowest BCUT2D eigenvalue weighted by molar-refractivity contribution is -0.148. The SMILES string of the molecule is CC[C@@H]1CC[C@@H](C(=O)O)N1C(=O)C1=C(C(C)C)N2C(=N[C@@](C)(c3ccc(Cl)nc3)[C@H]2c2ccc(Cl)c(F)c2)S1. The minimum atomic E-state index is -0.996. The van der Waals surface area contributed by atoms with Crippen molar-refractivity contribution in [1.29, 1.82) is 0 Å². The maximum Gasteiger partial charge on any atom is 0.326 e. The Bertz CT molecular complexity index is 1400. The Hall–Kier alpha value is -2.62. The van der Waals surface area contributed by atoms with E-state index < -0.39 is 29.4 Å². The van der Waals surface area contributed by atoms with E-state index in [2.05, 4.69) is 4.98 Å². The molecule has 1 aromatic carbocycles. The predicted molar refractivity (Wildman–Crippen MR) is 151 cm³/mol. The highest BCUT2D eigenvalue weighted by Crippen LogP contribution is 2.56. The molecule has 1 amide bonds. The van der Waals surface area contributed by atoms with E-state index in [-0.39, 0.29) is 22.9 Å². The first kappa shape index (κ1) is 27.9. The molecule has 11 heteroatoms. The molecule has 0 unspecified atom stereocenters. The standard InChI is InChI=1S/C28H29Cl2FN4O3S/c1-5-17-8-10-20(26(37)38)34(17)25(36)23-22(14(2)3)35-24(15-6-9-18(29)19(31)12-15)28(4,33-27(35)39-23)16-7-11-21(30)32-13-16/h6-7,9,11-14,17,20,24H,5,8,10H2,1-4H3,(H,37,38)/t17-,20+,24-,28+/m1/s1. The van der Waals surface area contributed by atoms with Gasteiger partial charge in [0.25, 0.3) is 5.91 Å². The van der Waals surface area contributed by atoms with Crippen molar-refractivity contribution in [1.82, 2.24) is 14.8 Å². The van der Waals surface area contributed by atoms with Crippen molar-refractivity contribution >= 4 is 52.0 Å². The molecular formula is C28H29Cl2FN4O3S. The minimum Gasteiger partial charge on any atom is -0.480 e. The van der Waals surface area contributed by atoms with Crippen LogP contribution in [-0.2, 0) is 15.1 Å². The van der Waals surface area contributed by atoms with Gasteiger partial charge in [-0.05, 0) is 67.6 Å². The van der Waals surface area contributed by atoms with Gasteiger partial charge in [0.15, 0.2) is 5.17 Å². The molecular weight excluding hydrogens is 562 g/mol. The number of thioether (sulfide) groups is 1. The molecule has 0 bridgehead atoms. The van der Waals surface area contributed by atoms with E-state index in [1.807, 2.05) is 38.7 Å². The van der Waals surface area contributed by atoms with E-state index in [9.17, 15) is 19.1 Å². The predicted octanol–water partition coefficient (Wildman–Crippen LogP) is 6.62. The summed E-state index contributed by atoms with van der Waals surface area (Å²) in [6.45, 7) is 7.89. The maximum atomic E-state index is 14.8. The zero-order valence-electron chi connectivity index (χ0n) is 22.0. The van der Waals surface area contributed by atoms with E-state index >= 15 is 0 Å². The summed E-state index contributed by atoms with van der Waals surface area (Å²) in [5.74, 6) is -1.96. The molecule has 1 N–H and O–H groups in total. The van der Waals surface area contributed by atoms with Gasteiger partial charge < -0.3 is 14.9 Å². The number of carbonyl (C=O) groups excluding carboxylic acids is 1. The van der Waals surface area contributed by atoms with Crippen molar-refractivity contribution in [3.05, 3.63) is 74.3 Å². The molecule has 0 radical (unpaired) electrons. The summed E-state index contributed by atoms with van der Waals surface area (Å²) in [6, 6.07) is 6.70. The van der Waals surface area contributed by atoms with Crippen LogP contribution >= 0.6 is 35.0 Å². The average Bonchev–Trinajstić information content (AvgIpc) is 3.55. The fraction of sp³-hybridized carbons (Fsp3) is 0.429. The number of aliphatic carboxylic acids is 1. The van der Waals surface area contributed by atoms with Crippen LogP contribution in [0.3, 0.4) is 0 Å². The number of carbonyl (C=O) groups is 2. The lowest BCUT2D eigenvalue weighted by Crippen LogP contribution is -2.45. The number of allylic oxidation sites excluding steroid dienone is 1. The molecule has 4 atom stereocenters. The van der Waals surface area contributed by atoms with Crippen LogP contribution in [0.1, 0.15) is 64.1 Å². The van der Waals surface area contributed by atoms with Gasteiger partial charge in [-0.1, -0.05) is 56.1 Å². The number of carboxylic acids is 1. The Balaban J connectivity index is 1.66. The number of hydrogen-bond donors (Lipinski definition) is 1. The zero-order chi connectivity index (χ0) is 28.2. The smallest absolute Gasteiger partial charge is 0.326 e. The highest BCUT2D eigenvalue weighted by molar-refractivity contribution is 8.18. The monoisotopic (exact) mass is 590 g/mol. The molecule has 5 rings (SSSR count). The number of aliphatic imine (C=N–C) groups is 1. The number of carboxylic acid groups (broad SMARTS) is 1. The van der Waals surface area contributed by atoms with Crippen LogP contribution in [0.2, 0.25) is 10.2 Å². The third-order valence-corrected chi connectivity index (χ3v) is 9.40. The van der Waals surface area contributed by atoms with E-state index in [1.165, 1.54) is 28.8 Å². The number of amidine groups is 1. The average molecular weight is 592 g/mol. The van der Waals surface area contributed by atoms with Gasteiger partial charge in [0.05, 0.1) is 11.1 Å². The molecule has 1 saturated heterocycles. The van der Waals surface area contributed by atoms with Crippen LogP contribution in [0, 0.1) is 11.7 Å². The molecule has 206 valence electrons. The lowest BCUT2D eigenvalue weighted by Gasteiger charge is -2.37. The van der Waals surface area contributed by atoms with E-state index in [0.717, 1.165) is 11.3 Å². The summed E-state index contributed by atoms with van der Waals surface area (Å²) in [5.41, 5.74) is 1.26. The highest BCUT2D eigenvalue weighted by atomic mass is 35.5. The van der Waals surface area contributed by atoms with Crippen molar-refractivity contribution in [2.75, 3.05) is 0 Å². The molecule has 39 heavy (non-hydrogen) atoms. The summed E-state index contributed by atoms with van der Waals surface area (Å²) >= 11 is 13.4. The summed E-state index contributed by atoms with van der Waals surface area (Å²) < 4.78 is 14.8. The van der Waals surface area contributed by atoms with Gasteiger partial charge in [0, 0.05) is 23.5 Å². The second-order valence-electron chi connectivity index (χ2n) is 10.5. The minimum absolute atomic E-state index is 0.0124. The van der Waals surface area contributed by atoms with Crippen molar-refractivity contribution < 1.29 is 19.1 Å². The number of likely N-dealkylation sites (tertiary alicyclic amines) is 1. The molecule has 7 nitrogen and oxygen atoms in total. The summed E-state index contributed by atoms with van der Waals surface area (Å²) in [4.78, 5) is 39.5. The number of amides is 1. The number of hydrogen-bond acceptors (Lipinski definition) is 6. The number of aromatic nitrogens is 1. The Morgan fingerprint density at radius 3 is 2.56 bits per heavy atom.